The second-order valence-electron chi connectivity index (χ2n) is 5.31. The third kappa shape index (κ3) is 4.71. The summed E-state index contributed by atoms with van der Waals surface area (Å²) in [7, 11) is 0. The van der Waals surface area contributed by atoms with Crippen molar-refractivity contribution in [3.05, 3.63) is 30.1 Å². The smallest absolute Gasteiger partial charge is 0.103 e. The van der Waals surface area contributed by atoms with Crippen LogP contribution in [0.1, 0.15) is 25.6 Å². The Hall–Kier alpha value is -1.08. The second-order valence-corrected chi connectivity index (χ2v) is 5.75. The van der Waals surface area contributed by atoms with Gasteiger partial charge in [0.15, 0.2) is 0 Å². The van der Waals surface area contributed by atoms with Gasteiger partial charge in [-0.25, -0.2) is 0 Å². The molecule has 2 heterocycles. The van der Waals surface area contributed by atoms with E-state index in [0.717, 1.165) is 56.7 Å². The number of hydrogen-bond donors (Lipinski definition) is 1. The number of nitrogens with zero attached hydrogens (tertiary/aromatic N) is 3. The van der Waals surface area contributed by atoms with Crippen LogP contribution in [0.2, 0.25) is 0 Å². The first-order valence-electron chi connectivity index (χ1n) is 7.99. The molecule has 0 radical (unpaired) electrons. The van der Waals surface area contributed by atoms with E-state index >= 15 is 0 Å². The maximum absolute atomic E-state index is 5.68. The molecule has 0 bridgehead atoms. The summed E-state index contributed by atoms with van der Waals surface area (Å²) in [5.74, 6) is 0. The van der Waals surface area contributed by atoms with E-state index < -0.39 is 0 Å². The summed E-state index contributed by atoms with van der Waals surface area (Å²) in [6.07, 6.45) is 1.83. The standard InChI is InChI=1S/C16H26N4OS/c1-3-20(4-2)15(14-7-5-6-8-17-14)16(22)18-13-19-9-11-21-12-10-19/h5-8,15H,3-4,9-13H2,1-2H3,(H,18,22). The largest absolute Gasteiger partial charge is 0.379 e. The molecule has 0 aliphatic carbocycles. The molecule has 1 aliphatic rings. The van der Waals surface area contributed by atoms with Gasteiger partial charge < -0.3 is 10.1 Å². The summed E-state index contributed by atoms with van der Waals surface area (Å²) in [6.45, 7) is 10.5. The molecule has 1 fully saturated rings. The fourth-order valence-corrected chi connectivity index (χ4v) is 2.99. The summed E-state index contributed by atoms with van der Waals surface area (Å²) >= 11 is 5.68. The van der Waals surface area contributed by atoms with Crippen LogP contribution in [0.4, 0.5) is 0 Å². The van der Waals surface area contributed by atoms with Gasteiger partial charge in [-0.05, 0) is 25.2 Å². The molecule has 6 heteroatoms. The van der Waals surface area contributed by atoms with Gasteiger partial charge in [0.1, 0.15) is 6.04 Å². The zero-order valence-corrected chi connectivity index (χ0v) is 14.3. The molecule has 1 aliphatic heterocycles. The van der Waals surface area contributed by atoms with Crippen LogP contribution in [0.5, 0.6) is 0 Å². The van der Waals surface area contributed by atoms with Crippen molar-refractivity contribution in [3.63, 3.8) is 0 Å². The number of hydrogen-bond acceptors (Lipinski definition) is 5. The number of likely N-dealkylation sites (N-methyl/N-ethyl adjacent to an activating group) is 1. The maximum Gasteiger partial charge on any atom is 0.103 e. The van der Waals surface area contributed by atoms with E-state index in [9.17, 15) is 0 Å². The summed E-state index contributed by atoms with van der Waals surface area (Å²) in [5, 5.41) is 3.42. The van der Waals surface area contributed by atoms with E-state index in [2.05, 4.69) is 33.9 Å². The Morgan fingerprint density at radius 2 is 2.09 bits per heavy atom. The van der Waals surface area contributed by atoms with E-state index in [1.165, 1.54) is 0 Å². The molecular weight excluding hydrogens is 296 g/mol. The number of ether oxygens (including phenoxy) is 1. The molecule has 0 saturated carbocycles. The zero-order chi connectivity index (χ0) is 15.8. The van der Waals surface area contributed by atoms with E-state index in [1.54, 1.807) is 0 Å². The number of rotatable bonds is 7. The highest BCUT2D eigenvalue weighted by molar-refractivity contribution is 7.80. The lowest BCUT2D eigenvalue weighted by molar-refractivity contribution is 0.0365. The van der Waals surface area contributed by atoms with Gasteiger partial charge in [-0.15, -0.1) is 0 Å². The van der Waals surface area contributed by atoms with Crippen molar-refractivity contribution in [1.82, 2.24) is 20.1 Å². The molecule has 1 N–H and O–H groups in total. The van der Waals surface area contributed by atoms with Crippen molar-refractivity contribution in [3.8, 4) is 0 Å². The highest BCUT2D eigenvalue weighted by Gasteiger charge is 2.24. The van der Waals surface area contributed by atoms with Crippen LogP contribution < -0.4 is 5.32 Å². The maximum atomic E-state index is 5.68. The monoisotopic (exact) mass is 322 g/mol. The zero-order valence-electron chi connectivity index (χ0n) is 13.5. The highest BCUT2D eigenvalue weighted by atomic mass is 32.1. The minimum atomic E-state index is 0.0345. The predicted octanol–water partition coefficient (Wildman–Crippen LogP) is 1.67. The molecule has 0 aromatic carbocycles. The van der Waals surface area contributed by atoms with Gasteiger partial charge in [-0.2, -0.15) is 0 Å². The number of pyridine rings is 1. The normalized spacial score (nSPS) is 17.4. The summed E-state index contributed by atoms with van der Waals surface area (Å²) in [4.78, 5) is 10.0. The average Bonchev–Trinajstić information content (AvgIpc) is 2.59. The molecule has 1 unspecified atom stereocenters. The van der Waals surface area contributed by atoms with Crippen molar-refractivity contribution >= 4 is 17.2 Å². The topological polar surface area (TPSA) is 40.6 Å². The first-order valence-corrected chi connectivity index (χ1v) is 8.39. The van der Waals surface area contributed by atoms with Crippen LogP contribution in [0.15, 0.2) is 24.4 Å². The molecule has 0 spiro atoms. The van der Waals surface area contributed by atoms with Gasteiger partial charge in [0.05, 0.1) is 30.6 Å². The van der Waals surface area contributed by atoms with Gasteiger partial charge in [-0.3, -0.25) is 14.8 Å². The highest BCUT2D eigenvalue weighted by Crippen LogP contribution is 2.19. The molecule has 122 valence electrons. The van der Waals surface area contributed by atoms with Crippen LogP contribution in [0, 0.1) is 0 Å². The number of nitrogens with one attached hydrogen (secondary N) is 1. The van der Waals surface area contributed by atoms with Gasteiger partial charge >= 0.3 is 0 Å². The van der Waals surface area contributed by atoms with Gasteiger partial charge in [0.2, 0.25) is 0 Å². The van der Waals surface area contributed by atoms with Crippen LogP contribution in [-0.2, 0) is 4.74 Å². The van der Waals surface area contributed by atoms with Crippen molar-refractivity contribution < 1.29 is 4.74 Å². The van der Waals surface area contributed by atoms with Crippen LogP contribution in [0.25, 0.3) is 0 Å². The van der Waals surface area contributed by atoms with Crippen LogP contribution in [-0.4, -0.2) is 65.8 Å². The second kappa shape index (κ2) is 9.15. The van der Waals surface area contributed by atoms with E-state index in [-0.39, 0.29) is 6.04 Å². The minimum Gasteiger partial charge on any atom is -0.379 e. The fraction of sp³-hybridized carbons (Fsp3) is 0.625. The summed E-state index contributed by atoms with van der Waals surface area (Å²) < 4.78 is 5.38. The quantitative estimate of drug-likeness (QED) is 0.770. The van der Waals surface area contributed by atoms with E-state index in [1.807, 2.05) is 24.4 Å². The molecule has 5 nitrogen and oxygen atoms in total. The predicted molar refractivity (Wildman–Crippen MR) is 92.9 cm³/mol. The lowest BCUT2D eigenvalue weighted by Crippen LogP contribution is -2.47. The van der Waals surface area contributed by atoms with Crippen LogP contribution >= 0.6 is 12.2 Å². The Labute approximate surface area is 138 Å². The Bertz CT molecular complexity index is 447. The van der Waals surface area contributed by atoms with E-state index in [0.29, 0.717) is 0 Å². The van der Waals surface area contributed by atoms with Crippen molar-refractivity contribution in [2.45, 2.75) is 19.9 Å². The number of thiocarbonyl (C=S) groups is 1. The van der Waals surface area contributed by atoms with Crippen molar-refractivity contribution in [2.75, 3.05) is 46.1 Å². The lowest BCUT2D eigenvalue weighted by Gasteiger charge is -2.32. The molecular formula is C16H26N4OS. The minimum absolute atomic E-state index is 0.0345. The van der Waals surface area contributed by atoms with Gasteiger partial charge in [0.25, 0.3) is 0 Å². The summed E-state index contributed by atoms with van der Waals surface area (Å²) in [6, 6.07) is 6.04. The third-order valence-electron chi connectivity index (χ3n) is 3.97. The van der Waals surface area contributed by atoms with Gasteiger partial charge in [-0.1, -0.05) is 32.1 Å². The summed E-state index contributed by atoms with van der Waals surface area (Å²) in [5.41, 5.74) is 1.01. The Morgan fingerprint density at radius 3 is 2.68 bits per heavy atom. The number of aromatic nitrogens is 1. The first kappa shape index (κ1) is 17.3. The van der Waals surface area contributed by atoms with Gasteiger partial charge in [0, 0.05) is 19.3 Å². The number of morpholine rings is 1. The SMILES string of the molecule is CCN(CC)C(C(=S)NCN1CCOCC1)c1ccccn1. The fourth-order valence-electron chi connectivity index (χ4n) is 2.66. The first-order chi connectivity index (χ1) is 10.8. The van der Waals surface area contributed by atoms with Crippen molar-refractivity contribution in [2.24, 2.45) is 0 Å². The lowest BCUT2D eigenvalue weighted by atomic mass is 10.1. The Morgan fingerprint density at radius 1 is 1.36 bits per heavy atom. The third-order valence-corrected chi connectivity index (χ3v) is 4.34. The molecule has 1 atom stereocenters. The Balaban J connectivity index is 2.02. The molecule has 2 rings (SSSR count). The van der Waals surface area contributed by atoms with E-state index in [4.69, 9.17) is 17.0 Å². The molecule has 22 heavy (non-hydrogen) atoms. The van der Waals surface area contributed by atoms with Crippen LogP contribution in [0.3, 0.4) is 0 Å². The van der Waals surface area contributed by atoms with Crippen molar-refractivity contribution in [1.29, 1.82) is 0 Å². The molecule has 1 aromatic rings. The average molecular weight is 322 g/mol. The molecule has 1 saturated heterocycles. The Kier molecular flexibility index (Phi) is 7.18. The molecule has 1 aromatic heterocycles. The molecule has 0 amide bonds.